The molecule has 1 aliphatic heterocycles. The number of β-amino-alcohol motifs (C(OH)–C–C–N with tert-alkyl or cyclic N) is 1. The topological polar surface area (TPSA) is 32.3 Å². The predicted molar refractivity (Wildman–Crippen MR) is 39.9 cm³/mol. The molecule has 2 nitrogen and oxygen atoms in total. The molecule has 0 aromatic heterocycles. The summed E-state index contributed by atoms with van der Waals surface area (Å²) in [6.07, 6.45) is 1.00. The second-order valence-corrected chi connectivity index (χ2v) is 2.54. The number of nitrogens with one attached hydrogen (secondary N) is 1. The maximum Gasteiger partial charge on any atom is 0.0690 e. The normalized spacial score (nSPS) is 35.3. The zero-order valence-electron chi connectivity index (χ0n) is 5.63. The van der Waals surface area contributed by atoms with Gasteiger partial charge in [0.2, 0.25) is 0 Å². The van der Waals surface area contributed by atoms with Crippen molar-refractivity contribution in [2.24, 2.45) is 5.92 Å². The number of hydrogen-bond donors (Lipinski definition) is 2. The van der Waals surface area contributed by atoms with E-state index >= 15 is 0 Å². The fourth-order valence-corrected chi connectivity index (χ4v) is 0.973. The van der Waals surface area contributed by atoms with Crippen molar-refractivity contribution < 1.29 is 5.11 Å². The Kier molecular flexibility index (Phi) is 4.19. The van der Waals surface area contributed by atoms with Gasteiger partial charge in [-0.25, -0.2) is 0 Å². The van der Waals surface area contributed by atoms with Gasteiger partial charge >= 0.3 is 0 Å². The van der Waals surface area contributed by atoms with Crippen LogP contribution in [0, 0.1) is 5.92 Å². The molecule has 2 atom stereocenters. The number of aliphatic hydroxyl groups excluding tert-OH is 1. The summed E-state index contributed by atoms with van der Waals surface area (Å²) in [5.41, 5.74) is 0. The molecule has 56 valence electrons. The largest absolute Gasteiger partial charge is 0.392 e. The Morgan fingerprint density at radius 3 is 2.56 bits per heavy atom. The van der Waals surface area contributed by atoms with Crippen molar-refractivity contribution in [3.05, 3.63) is 0 Å². The maximum atomic E-state index is 9.12. The number of hydrogen-bond acceptors (Lipinski definition) is 2. The van der Waals surface area contributed by atoms with E-state index in [1.165, 1.54) is 0 Å². The third kappa shape index (κ3) is 2.52. The molecular weight excluding hydrogens is 138 g/mol. The molecule has 1 heterocycles. The second kappa shape index (κ2) is 4.09. The monoisotopic (exact) mass is 151 g/mol. The molecule has 0 spiro atoms. The van der Waals surface area contributed by atoms with Gasteiger partial charge in [0.25, 0.3) is 0 Å². The van der Waals surface area contributed by atoms with Crippen LogP contribution in [0.2, 0.25) is 0 Å². The van der Waals surface area contributed by atoms with Gasteiger partial charge in [0, 0.05) is 6.54 Å². The minimum Gasteiger partial charge on any atom is -0.392 e. The highest BCUT2D eigenvalue weighted by Crippen LogP contribution is 2.09. The molecule has 9 heavy (non-hydrogen) atoms. The lowest BCUT2D eigenvalue weighted by Crippen LogP contribution is -2.39. The summed E-state index contributed by atoms with van der Waals surface area (Å²) in [6, 6.07) is 0. The highest BCUT2D eigenvalue weighted by atomic mass is 35.5. The van der Waals surface area contributed by atoms with E-state index in [9.17, 15) is 0 Å². The summed E-state index contributed by atoms with van der Waals surface area (Å²) >= 11 is 0. The average Bonchev–Trinajstić information content (AvgIpc) is 1.77. The van der Waals surface area contributed by atoms with Crippen molar-refractivity contribution in [2.75, 3.05) is 13.1 Å². The number of rotatable bonds is 0. The summed E-state index contributed by atoms with van der Waals surface area (Å²) in [7, 11) is 0. The Hall–Kier alpha value is 0.210. The number of halogens is 1. The van der Waals surface area contributed by atoms with Crippen LogP contribution in [0.3, 0.4) is 0 Å². The van der Waals surface area contributed by atoms with Crippen molar-refractivity contribution in [3.8, 4) is 0 Å². The summed E-state index contributed by atoms with van der Waals surface area (Å²) in [5.74, 6) is 0.497. The minimum absolute atomic E-state index is 0. The van der Waals surface area contributed by atoms with Gasteiger partial charge in [-0.3, -0.25) is 0 Å². The van der Waals surface area contributed by atoms with E-state index in [0.29, 0.717) is 5.92 Å². The lowest BCUT2D eigenvalue weighted by molar-refractivity contribution is 0.0915. The van der Waals surface area contributed by atoms with E-state index in [2.05, 4.69) is 12.2 Å². The van der Waals surface area contributed by atoms with Gasteiger partial charge in [-0.1, -0.05) is 6.92 Å². The highest BCUT2D eigenvalue weighted by Gasteiger charge is 2.16. The van der Waals surface area contributed by atoms with E-state index < -0.39 is 0 Å². The third-order valence-corrected chi connectivity index (χ3v) is 1.79. The Labute approximate surface area is 62.1 Å². The van der Waals surface area contributed by atoms with Gasteiger partial charge in [0.1, 0.15) is 0 Å². The minimum atomic E-state index is -0.108. The van der Waals surface area contributed by atoms with E-state index in [-0.39, 0.29) is 18.5 Å². The van der Waals surface area contributed by atoms with Gasteiger partial charge in [-0.05, 0) is 18.9 Å². The van der Waals surface area contributed by atoms with Crippen molar-refractivity contribution in [2.45, 2.75) is 19.4 Å². The first-order valence-corrected chi connectivity index (χ1v) is 3.19. The van der Waals surface area contributed by atoms with Crippen LogP contribution in [0.5, 0.6) is 0 Å². The van der Waals surface area contributed by atoms with Gasteiger partial charge in [-0.15, -0.1) is 12.4 Å². The first-order chi connectivity index (χ1) is 3.80. The molecule has 1 rings (SSSR count). The van der Waals surface area contributed by atoms with Gasteiger partial charge in [-0.2, -0.15) is 0 Å². The van der Waals surface area contributed by atoms with Crippen LogP contribution in [0.15, 0.2) is 0 Å². The lowest BCUT2D eigenvalue weighted by atomic mass is 9.98. The van der Waals surface area contributed by atoms with Crippen LogP contribution >= 0.6 is 12.4 Å². The average molecular weight is 152 g/mol. The molecule has 1 unspecified atom stereocenters. The molecule has 0 amide bonds. The molecule has 3 heteroatoms. The van der Waals surface area contributed by atoms with Crippen LogP contribution in [0.1, 0.15) is 13.3 Å². The van der Waals surface area contributed by atoms with Crippen LogP contribution in [-0.2, 0) is 0 Å². The van der Waals surface area contributed by atoms with E-state index in [0.717, 1.165) is 19.5 Å². The lowest BCUT2D eigenvalue weighted by Gasteiger charge is -2.24. The van der Waals surface area contributed by atoms with Crippen molar-refractivity contribution in [1.82, 2.24) is 5.32 Å². The Balaban J connectivity index is 0.000000640. The Bertz CT molecular complexity index is 69.5. The van der Waals surface area contributed by atoms with Crippen LogP contribution in [0.4, 0.5) is 0 Å². The molecule has 0 aliphatic carbocycles. The maximum absolute atomic E-state index is 9.12. The quantitative estimate of drug-likeness (QED) is 0.526. The Morgan fingerprint density at radius 1 is 1.56 bits per heavy atom. The van der Waals surface area contributed by atoms with Gasteiger partial charge < -0.3 is 10.4 Å². The number of aliphatic hydroxyl groups is 1. The Morgan fingerprint density at radius 2 is 2.22 bits per heavy atom. The molecular formula is C6H14ClNO. The summed E-state index contributed by atoms with van der Waals surface area (Å²) < 4.78 is 0. The summed E-state index contributed by atoms with van der Waals surface area (Å²) in [5, 5.41) is 12.2. The molecule has 0 aromatic carbocycles. The van der Waals surface area contributed by atoms with E-state index in [1.807, 2.05) is 0 Å². The SMILES string of the molecule is CC1CCNC[C@H]1O.Cl. The predicted octanol–water partition coefficient (Wildman–Crippen LogP) is 0.398. The van der Waals surface area contributed by atoms with Gasteiger partial charge in [0.15, 0.2) is 0 Å². The highest BCUT2D eigenvalue weighted by molar-refractivity contribution is 5.85. The molecule has 1 aliphatic rings. The third-order valence-electron chi connectivity index (χ3n) is 1.79. The zero-order valence-corrected chi connectivity index (χ0v) is 6.45. The van der Waals surface area contributed by atoms with Gasteiger partial charge in [0.05, 0.1) is 6.10 Å². The zero-order chi connectivity index (χ0) is 5.98. The van der Waals surface area contributed by atoms with Crippen LogP contribution in [0.25, 0.3) is 0 Å². The molecule has 1 saturated heterocycles. The first-order valence-electron chi connectivity index (χ1n) is 3.19. The van der Waals surface area contributed by atoms with Crippen molar-refractivity contribution >= 4 is 12.4 Å². The molecule has 2 N–H and O–H groups in total. The molecule has 0 bridgehead atoms. The molecule has 0 aromatic rings. The van der Waals surface area contributed by atoms with E-state index in [4.69, 9.17) is 5.11 Å². The van der Waals surface area contributed by atoms with Crippen LogP contribution < -0.4 is 5.32 Å². The fraction of sp³-hybridized carbons (Fsp3) is 1.00. The summed E-state index contributed by atoms with van der Waals surface area (Å²) in [6.45, 7) is 3.94. The van der Waals surface area contributed by atoms with Crippen molar-refractivity contribution in [1.29, 1.82) is 0 Å². The second-order valence-electron chi connectivity index (χ2n) is 2.54. The molecule has 0 radical (unpaired) electrons. The van der Waals surface area contributed by atoms with Crippen LogP contribution in [-0.4, -0.2) is 24.3 Å². The molecule has 0 saturated carbocycles. The summed E-state index contributed by atoms with van der Waals surface area (Å²) in [4.78, 5) is 0. The van der Waals surface area contributed by atoms with Crippen molar-refractivity contribution in [3.63, 3.8) is 0 Å². The van der Waals surface area contributed by atoms with E-state index in [1.54, 1.807) is 0 Å². The number of piperidine rings is 1. The fourth-order valence-electron chi connectivity index (χ4n) is 0.973. The molecule has 1 fully saturated rings. The standard InChI is InChI=1S/C6H13NO.ClH/c1-5-2-3-7-4-6(5)8;/h5-8H,2-4H2,1H3;1H/t5?,6-;/m1./s1. The first kappa shape index (κ1) is 9.21. The smallest absolute Gasteiger partial charge is 0.0690 e.